The minimum absolute atomic E-state index is 0.143. The zero-order valence-corrected chi connectivity index (χ0v) is 32.2. The lowest BCUT2D eigenvalue weighted by Gasteiger charge is -2.35. The molecule has 0 radical (unpaired) electrons. The number of rotatable bonds is 15. The molecule has 0 N–H and O–H groups in total. The third-order valence-corrected chi connectivity index (χ3v) is 11.7. The van der Waals surface area contributed by atoms with E-state index in [0.717, 1.165) is 101 Å². The Kier molecular flexibility index (Phi) is 9.57. The van der Waals surface area contributed by atoms with Crippen LogP contribution < -0.4 is 19.1 Å². The van der Waals surface area contributed by atoms with Gasteiger partial charge in [-0.3, -0.25) is 24.1 Å². The number of benzene rings is 6. The van der Waals surface area contributed by atoms with E-state index in [1.54, 1.807) is 29.2 Å². The van der Waals surface area contributed by atoms with Crippen molar-refractivity contribution < 1.29 is 33.4 Å². The molecule has 282 valence electrons. The predicted octanol–water partition coefficient (Wildman–Crippen LogP) is 10.5. The summed E-state index contributed by atoms with van der Waals surface area (Å²) in [5.74, 6) is -0.403. The highest BCUT2D eigenvalue weighted by Gasteiger charge is 2.40. The van der Waals surface area contributed by atoms with Gasteiger partial charge in [0.1, 0.15) is 0 Å². The Hall–Kier alpha value is -5.70. The van der Waals surface area contributed by atoms with Crippen LogP contribution >= 0.6 is 0 Å². The van der Waals surface area contributed by atoms with Gasteiger partial charge in [-0.15, -0.1) is 0 Å². The summed E-state index contributed by atoms with van der Waals surface area (Å²) in [6.45, 7) is 4.37. The second-order valence-corrected chi connectivity index (χ2v) is 14.8. The van der Waals surface area contributed by atoms with Crippen LogP contribution in [0.5, 0.6) is 17.2 Å². The van der Waals surface area contributed by atoms with Gasteiger partial charge in [-0.2, -0.15) is 0 Å². The molecule has 6 aromatic rings. The van der Waals surface area contributed by atoms with Gasteiger partial charge in [-0.05, 0) is 69.4 Å². The first-order chi connectivity index (χ1) is 26.8. The van der Waals surface area contributed by atoms with E-state index in [4.69, 9.17) is 14.2 Å². The van der Waals surface area contributed by atoms with Gasteiger partial charge >= 0.3 is 0 Å². The quantitative estimate of drug-likeness (QED) is 0.0447. The Bertz CT molecular complexity index is 2380. The molecular formula is C46H46N2O7. The maximum absolute atomic E-state index is 14.5. The molecular weight excluding hydrogens is 693 g/mol. The minimum Gasteiger partial charge on any atom is -0.493 e. The Labute approximate surface area is 320 Å². The Morgan fingerprint density at radius 1 is 0.491 bits per heavy atom. The average molecular weight is 739 g/mol. The van der Waals surface area contributed by atoms with Crippen LogP contribution in [0.3, 0.4) is 0 Å². The lowest BCUT2D eigenvalue weighted by Crippen LogP contribution is -2.47. The largest absolute Gasteiger partial charge is 0.493 e. The molecule has 9 nitrogen and oxygen atoms in total. The maximum Gasteiger partial charge on any atom is 0.265 e. The van der Waals surface area contributed by atoms with Gasteiger partial charge in [-0.1, -0.05) is 89.5 Å². The van der Waals surface area contributed by atoms with Crippen LogP contribution in [0.1, 0.15) is 119 Å². The lowest BCUT2D eigenvalue weighted by molar-refractivity contribution is 0.0516. The molecule has 0 atom stereocenters. The summed E-state index contributed by atoms with van der Waals surface area (Å²) in [7, 11) is 4.46. The summed E-state index contributed by atoms with van der Waals surface area (Å²) in [4.78, 5) is 60.3. The summed E-state index contributed by atoms with van der Waals surface area (Å²) < 4.78 is 16.5. The number of unbranched alkanes of at least 4 members (excludes halogenated alkanes) is 6. The molecule has 0 spiro atoms. The first-order valence-corrected chi connectivity index (χ1v) is 19.6. The van der Waals surface area contributed by atoms with E-state index in [9.17, 15) is 19.2 Å². The van der Waals surface area contributed by atoms with Crippen LogP contribution in [0, 0.1) is 0 Å². The molecule has 4 amide bonds. The van der Waals surface area contributed by atoms with Gasteiger partial charge in [-0.25, -0.2) is 4.90 Å². The number of hydrogen-bond donors (Lipinski definition) is 0. The number of hydrogen-bond acceptors (Lipinski definition) is 7. The molecule has 0 unspecified atom stereocenters. The summed E-state index contributed by atoms with van der Waals surface area (Å²) in [5, 5.41) is 6.33. The Morgan fingerprint density at radius 2 is 0.891 bits per heavy atom. The van der Waals surface area contributed by atoms with Crippen molar-refractivity contribution in [2.24, 2.45) is 0 Å². The van der Waals surface area contributed by atoms with Gasteiger partial charge in [0.15, 0.2) is 11.5 Å². The van der Waals surface area contributed by atoms with E-state index < -0.39 is 11.8 Å². The molecule has 0 aliphatic carbocycles. The van der Waals surface area contributed by atoms with Gasteiger partial charge in [0, 0.05) is 51.2 Å². The summed E-state index contributed by atoms with van der Waals surface area (Å²) in [6, 6.07) is 18.1. The topological polar surface area (TPSA) is 102 Å². The number of anilines is 1. The lowest BCUT2D eigenvalue weighted by atomic mass is 9.82. The highest BCUT2D eigenvalue weighted by Crippen LogP contribution is 2.48. The number of carbonyl (C=O) groups excluding carboxylic acids is 4. The number of nitrogens with zero attached hydrogens (tertiary/aromatic N) is 2. The molecule has 0 saturated heterocycles. The summed E-state index contributed by atoms with van der Waals surface area (Å²) in [5.41, 5.74) is 2.16. The Morgan fingerprint density at radius 3 is 1.25 bits per heavy atom. The first-order valence-electron chi connectivity index (χ1n) is 19.6. The van der Waals surface area contributed by atoms with Crippen molar-refractivity contribution in [2.75, 3.05) is 26.2 Å². The molecule has 55 heavy (non-hydrogen) atoms. The summed E-state index contributed by atoms with van der Waals surface area (Å²) >= 11 is 0. The molecule has 0 fully saturated rings. The van der Waals surface area contributed by atoms with Crippen LogP contribution in [-0.4, -0.2) is 55.9 Å². The van der Waals surface area contributed by atoms with Crippen molar-refractivity contribution in [3.8, 4) is 17.2 Å². The van der Waals surface area contributed by atoms with Gasteiger partial charge in [0.25, 0.3) is 23.6 Å². The Balaban J connectivity index is 1.25. The molecule has 0 saturated carbocycles. The fraction of sp³-hybridized carbons (Fsp3) is 0.348. The average Bonchev–Trinajstić information content (AvgIpc) is 3.20. The normalized spacial score (nSPS) is 14.1. The van der Waals surface area contributed by atoms with Crippen LogP contribution in [0.25, 0.3) is 43.1 Å². The number of imide groups is 2. The van der Waals surface area contributed by atoms with Crippen molar-refractivity contribution in [2.45, 2.75) is 84.1 Å². The van der Waals surface area contributed by atoms with Crippen molar-refractivity contribution in [1.29, 1.82) is 0 Å². The van der Waals surface area contributed by atoms with E-state index in [0.29, 0.717) is 56.0 Å². The third kappa shape index (κ3) is 5.57. The smallest absolute Gasteiger partial charge is 0.265 e. The van der Waals surface area contributed by atoms with Crippen LogP contribution in [-0.2, 0) is 0 Å². The third-order valence-electron chi connectivity index (χ3n) is 11.7. The SMILES string of the molecule is CCCCCCC(CCCCCC)N1C(=O)c2ccc3c4ccc5c6c(ccc(c7ccc(c2c37)C1=O)c64)C(=O)N(c1cc(OC)c(OC)c(OC)c1)C5=O. The van der Waals surface area contributed by atoms with E-state index in [-0.39, 0.29) is 17.9 Å². The van der Waals surface area contributed by atoms with Crippen LogP contribution in [0.15, 0.2) is 60.7 Å². The highest BCUT2D eigenvalue weighted by molar-refractivity contribution is 6.43. The van der Waals surface area contributed by atoms with Gasteiger partial charge in [0.2, 0.25) is 5.75 Å². The minimum atomic E-state index is -0.471. The van der Waals surface area contributed by atoms with Crippen molar-refractivity contribution in [3.63, 3.8) is 0 Å². The molecule has 0 bridgehead atoms. The van der Waals surface area contributed by atoms with E-state index >= 15 is 0 Å². The second-order valence-electron chi connectivity index (χ2n) is 14.8. The van der Waals surface area contributed by atoms with Crippen LogP contribution in [0.4, 0.5) is 5.69 Å². The van der Waals surface area contributed by atoms with E-state index in [1.165, 1.54) is 21.3 Å². The van der Waals surface area contributed by atoms with Gasteiger partial charge < -0.3 is 14.2 Å². The second kappa shape index (κ2) is 14.5. The standard InChI is InChI=1S/C46H46N2O7/c1-6-8-10-12-14-26(15-13-11-9-7-2)47-43(49)32-20-16-28-30-18-22-34-41-35(23-19-31(39(30)41)29-17-21-33(44(47)50)40(32)38(28)29)46(52)48(45(34)51)27-24-36(53-3)42(55-5)37(25-27)54-4/h16-26H,6-15H2,1-5H3. The van der Waals surface area contributed by atoms with E-state index in [2.05, 4.69) is 13.8 Å². The molecule has 0 aromatic heterocycles. The fourth-order valence-electron chi connectivity index (χ4n) is 9.07. The zero-order chi connectivity index (χ0) is 38.5. The van der Waals surface area contributed by atoms with Crippen molar-refractivity contribution in [3.05, 3.63) is 82.9 Å². The number of methoxy groups -OCH3 is 3. The highest BCUT2D eigenvalue weighted by atomic mass is 16.5. The van der Waals surface area contributed by atoms with Crippen molar-refractivity contribution in [1.82, 2.24) is 4.90 Å². The summed E-state index contributed by atoms with van der Waals surface area (Å²) in [6.07, 6.45) is 10.3. The first kappa shape index (κ1) is 36.3. The maximum atomic E-state index is 14.5. The van der Waals surface area contributed by atoms with E-state index in [1.807, 2.05) is 36.4 Å². The number of amides is 4. The van der Waals surface area contributed by atoms with Gasteiger partial charge in [0.05, 0.1) is 27.0 Å². The molecule has 2 aliphatic heterocycles. The molecule has 2 aliphatic rings. The molecule has 2 heterocycles. The zero-order valence-electron chi connectivity index (χ0n) is 32.2. The monoisotopic (exact) mass is 738 g/mol. The number of ether oxygens (including phenoxy) is 3. The molecule has 6 aromatic carbocycles. The van der Waals surface area contributed by atoms with Crippen LogP contribution in [0.2, 0.25) is 0 Å². The molecule has 8 rings (SSSR count). The molecule has 9 heteroatoms. The predicted molar refractivity (Wildman–Crippen MR) is 217 cm³/mol. The van der Waals surface area contributed by atoms with Crippen molar-refractivity contribution >= 4 is 72.4 Å². The number of carbonyl (C=O) groups is 4. The fourth-order valence-corrected chi connectivity index (χ4v) is 9.07. The number of fused-ring (bicyclic) bond motifs is 2.